The van der Waals surface area contributed by atoms with Crippen LogP contribution >= 0.6 is 0 Å². The molecule has 4 heteroatoms. The highest BCUT2D eigenvalue weighted by Gasteiger charge is 2.16. The second-order valence-electron chi connectivity index (χ2n) is 5.04. The van der Waals surface area contributed by atoms with Gasteiger partial charge in [0.05, 0.1) is 12.2 Å². The van der Waals surface area contributed by atoms with Gasteiger partial charge in [0.15, 0.2) is 0 Å². The lowest BCUT2D eigenvalue weighted by Crippen LogP contribution is -2.17. The topological polar surface area (TPSA) is 69.4 Å². The number of benzene rings is 1. The number of ether oxygens (including phenoxy) is 1. The Labute approximate surface area is 112 Å². The number of nitrogens with two attached hydrogens (primary N) is 1. The van der Waals surface area contributed by atoms with E-state index in [1.807, 2.05) is 0 Å². The van der Waals surface area contributed by atoms with E-state index >= 15 is 0 Å². The maximum Gasteiger partial charge on any atom is 0.338 e. The van der Waals surface area contributed by atoms with Crippen LogP contribution in [0, 0.1) is 5.92 Å². The molecular formula is C15H19NO3. The number of carbonyl (C=O) groups is 2. The van der Waals surface area contributed by atoms with E-state index in [0.717, 1.165) is 12.8 Å². The zero-order chi connectivity index (χ0) is 13.7. The van der Waals surface area contributed by atoms with E-state index in [1.165, 1.54) is 19.3 Å². The first-order chi connectivity index (χ1) is 9.16. The van der Waals surface area contributed by atoms with Crippen LogP contribution in [0.15, 0.2) is 24.3 Å². The first-order valence-corrected chi connectivity index (χ1v) is 6.74. The molecule has 0 aromatic heterocycles. The van der Waals surface area contributed by atoms with Crippen molar-refractivity contribution in [2.75, 3.05) is 6.61 Å². The summed E-state index contributed by atoms with van der Waals surface area (Å²) in [5.41, 5.74) is 5.99. The Morgan fingerprint density at radius 3 is 2.21 bits per heavy atom. The first kappa shape index (κ1) is 13.6. The molecule has 4 nitrogen and oxygen atoms in total. The van der Waals surface area contributed by atoms with E-state index in [1.54, 1.807) is 24.3 Å². The van der Waals surface area contributed by atoms with Crippen LogP contribution in [-0.2, 0) is 4.74 Å². The van der Waals surface area contributed by atoms with Gasteiger partial charge in [0.1, 0.15) is 0 Å². The maximum atomic E-state index is 11.8. The van der Waals surface area contributed by atoms with Gasteiger partial charge in [0.25, 0.3) is 0 Å². The second-order valence-corrected chi connectivity index (χ2v) is 5.04. The van der Waals surface area contributed by atoms with Crippen LogP contribution in [0.25, 0.3) is 0 Å². The molecule has 1 saturated carbocycles. The van der Waals surface area contributed by atoms with Crippen molar-refractivity contribution in [3.8, 4) is 0 Å². The average Bonchev–Trinajstić information content (AvgIpc) is 2.46. The molecule has 0 heterocycles. The predicted octanol–water partition coefficient (Wildman–Crippen LogP) is 2.52. The van der Waals surface area contributed by atoms with Crippen LogP contribution < -0.4 is 5.73 Å². The summed E-state index contributed by atoms with van der Waals surface area (Å²) < 4.78 is 5.31. The molecule has 1 aliphatic carbocycles. The standard InChI is InChI=1S/C15H19NO3/c16-14(17)12-6-8-13(9-7-12)15(18)19-10-11-4-2-1-3-5-11/h6-9,11H,1-5,10H2,(H2,16,17). The lowest BCUT2D eigenvalue weighted by molar-refractivity contribution is 0.0410. The van der Waals surface area contributed by atoms with Crippen LogP contribution in [-0.4, -0.2) is 18.5 Å². The number of amides is 1. The van der Waals surface area contributed by atoms with Crippen LogP contribution in [0.3, 0.4) is 0 Å². The fourth-order valence-corrected chi connectivity index (χ4v) is 2.40. The van der Waals surface area contributed by atoms with E-state index in [4.69, 9.17) is 10.5 Å². The molecule has 19 heavy (non-hydrogen) atoms. The Kier molecular flexibility index (Phi) is 4.55. The molecule has 1 amide bonds. The smallest absolute Gasteiger partial charge is 0.338 e. The highest BCUT2D eigenvalue weighted by atomic mass is 16.5. The lowest BCUT2D eigenvalue weighted by atomic mass is 9.90. The summed E-state index contributed by atoms with van der Waals surface area (Å²) in [6, 6.07) is 6.23. The molecule has 102 valence electrons. The molecule has 0 atom stereocenters. The predicted molar refractivity (Wildman–Crippen MR) is 71.8 cm³/mol. The Balaban J connectivity index is 1.86. The van der Waals surface area contributed by atoms with Gasteiger partial charge >= 0.3 is 5.97 Å². The van der Waals surface area contributed by atoms with Crippen molar-refractivity contribution >= 4 is 11.9 Å². The van der Waals surface area contributed by atoms with Gasteiger partial charge in [-0.05, 0) is 43.0 Å². The summed E-state index contributed by atoms with van der Waals surface area (Å²) in [5.74, 6) is -0.327. The summed E-state index contributed by atoms with van der Waals surface area (Å²) in [5, 5.41) is 0. The minimum absolute atomic E-state index is 0.332. The molecule has 2 rings (SSSR count). The van der Waals surface area contributed by atoms with Crippen LogP contribution in [0.4, 0.5) is 0 Å². The zero-order valence-corrected chi connectivity index (χ0v) is 10.9. The molecule has 0 unspecified atom stereocenters. The molecule has 0 bridgehead atoms. The van der Waals surface area contributed by atoms with Crippen molar-refractivity contribution in [2.24, 2.45) is 11.7 Å². The SMILES string of the molecule is NC(=O)c1ccc(C(=O)OCC2CCCCC2)cc1. The van der Waals surface area contributed by atoms with Crippen molar-refractivity contribution in [1.29, 1.82) is 0 Å². The largest absolute Gasteiger partial charge is 0.462 e. The van der Waals surface area contributed by atoms with Gasteiger partial charge < -0.3 is 10.5 Å². The molecule has 0 saturated heterocycles. The van der Waals surface area contributed by atoms with Gasteiger partial charge in [-0.3, -0.25) is 4.79 Å². The van der Waals surface area contributed by atoms with Crippen molar-refractivity contribution in [1.82, 2.24) is 0 Å². The third kappa shape index (κ3) is 3.81. The lowest BCUT2D eigenvalue weighted by Gasteiger charge is -2.21. The normalized spacial score (nSPS) is 16.0. The molecule has 0 aliphatic heterocycles. The fraction of sp³-hybridized carbons (Fsp3) is 0.467. The van der Waals surface area contributed by atoms with Gasteiger partial charge in [-0.1, -0.05) is 19.3 Å². The summed E-state index contributed by atoms with van der Waals surface area (Å²) in [4.78, 5) is 22.8. The Bertz CT molecular complexity index is 447. The minimum atomic E-state index is -0.498. The molecule has 1 fully saturated rings. The summed E-state index contributed by atoms with van der Waals surface area (Å²) in [6.45, 7) is 0.496. The van der Waals surface area contributed by atoms with Gasteiger partial charge in [0, 0.05) is 5.56 Å². The number of rotatable bonds is 4. The van der Waals surface area contributed by atoms with E-state index in [2.05, 4.69) is 0 Å². The van der Waals surface area contributed by atoms with Crippen LogP contribution in [0.1, 0.15) is 52.8 Å². The number of hydrogen-bond donors (Lipinski definition) is 1. The van der Waals surface area contributed by atoms with E-state index in [-0.39, 0.29) is 5.97 Å². The average molecular weight is 261 g/mol. The monoisotopic (exact) mass is 261 g/mol. The number of hydrogen-bond acceptors (Lipinski definition) is 3. The summed E-state index contributed by atoms with van der Waals surface area (Å²) in [6.07, 6.45) is 6.05. The third-order valence-electron chi connectivity index (χ3n) is 3.58. The molecule has 1 aromatic carbocycles. The number of primary amides is 1. The number of esters is 1. The highest BCUT2D eigenvalue weighted by molar-refractivity contribution is 5.95. The van der Waals surface area contributed by atoms with Crippen molar-refractivity contribution in [2.45, 2.75) is 32.1 Å². The molecule has 2 N–H and O–H groups in total. The maximum absolute atomic E-state index is 11.8. The van der Waals surface area contributed by atoms with E-state index in [0.29, 0.717) is 23.7 Å². The molecule has 0 radical (unpaired) electrons. The Hall–Kier alpha value is -1.84. The summed E-state index contributed by atoms with van der Waals surface area (Å²) in [7, 11) is 0. The molecular weight excluding hydrogens is 242 g/mol. The first-order valence-electron chi connectivity index (χ1n) is 6.74. The van der Waals surface area contributed by atoms with E-state index in [9.17, 15) is 9.59 Å². The van der Waals surface area contributed by atoms with Crippen molar-refractivity contribution in [3.05, 3.63) is 35.4 Å². The van der Waals surface area contributed by atoms with Crippen molar-refractivity contribution in [3.63, 3.8) is 0 Å². The minimum Gasteiger partial charge on any atom is -0.462 e. The summed E-state index contributed by atoms with van der Waals surface area (Å²) >= 11 is 0. The number of carbonyl (C=O) groups excluding carboxylic acids is 2. The van der Waals surface area contributed by atoms with Gasteiger partial charge in [0.2, 0.25) is 5.91 Å². The highest BCUT2D eigenvalue weighted by Crippen LogP contribution is 2.24. The molecule has 0 spiro atoms. The fourth-order valence-electron chi connectivity index (χ4n) is 2.40. The van der Waals surface area contributed by atoms with Gasteiger partial charge in [-0.2, -0.15) is 0 Å². The Morgan fingerprint density at radius 1 is 1.05 bits per heavy atom. The molecule has 1 aliphatic rings. The van der Waals surface area contributed by atoms with Gasteiger partial charge in [-0.15, -0.1) is 0 Å². The van der Waals surface area contributed by atoms with Crippen LogP contribution in [0.5, 0.6) is 0 Å². The van der Waals surface area contributed by atoms with Crippen molar-refractivity contribution < 1.29 is 14.3 Å². The Morgan fingerprint density at radius 2 is 1.63 bits per heavy atom. The second kappa shape index (κ2) is 6.36. The zero-order valence-electron chi connectivity index (χ0n) is 10.9. The van der Waals surface area contributed by atoms with E-state index < -0.39 is 5.91 Å². The van der Waals surface area contributed by atoms with Crippen LogP contribution in [0.2, 0.25) is 0 Å². The quantitative estimate of drug-likeness (QED) is 0.847. The third-order valence-corrected chi connectivity index (χ3v) is 3.58. The molecule has 1 aromatic rings. The van der Waals surface area contributed by atoms with Gasteiger partial charge in [-0.25, -0.2) is 4.79 Å².